The van der Waals surface area contributed by atoms with Gasteiger partial charge in [0.1, 0.15) is 48.8 Å². The van der Waals surface area contributed by atoms with Gasteiger partial charge in [0.15, 0.2) is 18.7 Å². The Bertz CT molecular complexity index is 760. The van der Waals surface area contributed by atoms with Crippen molar-refractivity contribution in [1.29, 1.82) is 5.26 Å². The van der Waals surface area contributed by atoms with Crippen LogP contribution in [0.5, 0.6) is 0 Å². The van der Waals surface area contributed by atoms with Crippen LogP contribution in [0, 0.1) is 11.3 Å². The molecule has 0 aliphatic carbocycles. The Kier molecular flexibility index (Phi) is 8.50. The highest BCUT2D eigenvalue weighted by molar-refractivity contribution is 5.22. The Labute approximate surface area is 183 Å². The SMILES string of the molecule is N#C[C@H](O[C@H]1O[C@H](CO[C@H]2O[C@H](CO)[C@@H](O)[C@H](O)[C@H]2O)[C@@H](O)[C@H](O)[C@H]1O)c1ccccc1. The molecule has 0 radical (unpaired) electrons. The molecule has 3 rings (SSSR count). The van der Waals surface area contributed by atoms with Crippen LogP contribution in [0.2, 0.25) is 0 Å². The molecule has 2 saturated heterocycles. The molecule has 0 spiro atoms. The molecule has 0 bridgehead atoms. The maximum Gasteiger partial charge on any atom is 0.188 e. The topological polar surface area (TPSA) is 202 Å². The van der Waals surface area contributed by atoms with Crippen LogP contribution in [-0.2, 0) is 18.9 Å². The second-order valence-electron chi connectivity index (χ2n) is 7.60. The lowest BCUT2D eigenvalue weighted by atomic mass is 9.98. The van der Waals surface area contributed by atoms with Crippen LogP contribution in [0.15, 0.2) is 30.3 Å². The predicted molar refractivity (Wildman–Crippen MR) is 102 cm³/mol. The molecule has 1 aromatic carbocycles. The van der Waals surface area contributed by atoms with Gasteiger partial charge in [-0.15, -0.1) is 0 Å². The lowest BCUT2D eigenvalue weighted by Crippen LogP contribution is -2.61. The summed E-state index contributed by atoms with van der Waals surface area (Å²) in [5, 5.41) is 79.1. The van der Waals surface area contributed by atoms with Crippen molar-refractivity contribution in [3.05, 3.63) is 35.9 Å². The van der Waals surface area contributed by atoms with Gasteiger partial charge in [-0.3, -0.25) is 0 Å². The summed E-state index contributed by atoms with van der Waals surface area (Å²) >= 11 is 0. The second-order valence-corrected chi connectivity index (χ2v) is 7.60. The van der Waals surface area contributed by atoms with E-state index in [1.807, 2.05) is 6.07 Å². The van der Waals surface area contributed by atoms with Crippen LogP contribution in [-0.4, -0.2) is 110 Å². The van der Waals surface area contributed by atoms with Crippen LogP contribution >= 0.6 is 0 Å². The molecule has 12 nitrogen and oxygen atoms in total. The number of rotatable bonds is 7. The number of benzene rings is 1. The normalized spacial score (nSPS) is 41.1. The zero-order valence-corrected chi connectivity index (χ0v) is 16.9. The van der Waals surface area contributed by atoms with Crippen LogP contribution in [0.4, 0.5) is 0 Å². The number of hydrogen-bond donors (Lipinski definition) is 7. The molecular weight excluding hydrogens is 430 g/mol. The summed E-state index contributed by atoms with van der Waals surface area (Å²) in [6.07, 6.45) is -16.5. The molecule has 7 N–H and O–H groups in total. The summed E-state index contributed by atoms with van der Waals surface area (Å²) < 4.78 is 21.6. The van der Waals surface area contributed by atoms with Gasteiger partial charge in [0.25, 0.3) is 0 Å². The Morgan fingerprint density at radius 1 is 0.812 bits per heavy atom. The van der Waals surface area contributed by atoms with E-state index >= 15 is 0 Å². The van der Waals surface area contributed by atoms with Crippen LogP contribution in [0.3, 0.4) is 0 Å². The summed E-state index contributed by atoms with van der Waals surface area (Å²) in [7, 11) is 0. The van der Waals surface area contributed by atoms with Crippen molar-refractivity contribution < 1.29 is 54.7 Å². The van der Waals surface area contributed by atoms with Crippen molar-refractivity contribution in [2.45, 2.75) is 67.5 Å². The quantitative estimate of drug-likeness (QED) is 0.218. The zero-order chi connectivity index (χ0) is 23.4. The lowest BCUT2D eigenvalue weighted by molar-refractivity contribution is -0.334. The van der Waals surface area contributed by atoms with E-state index in [1.54, 1.807) is 30.3 Å². The third kappa shape index (κ3) is 5.25. The summed E-state index contributed by atoms with van der Waals surface area (Å²) in [6.45, 7) is -1.14. The maximum absolute atomic E-state index is 10.3. The number of hydrogen-bond acceptors (Lipinski definition) is 12. The lowest BCUT2D eigenvalue weighted by Gasteiger charge is -2.43. The Hall–Kier alpha value is -1.73. The minimum Gasteiger partial charge on any atom is -0.394 e. The number of aliphatic hydroxyl groups excluding tert-OH is 7. The van der Waals surface area contributed by atoms with Crippen LogP contribution in [0.25, 0.3) is 0 Å². The third-order valence-corrected chi connectivity index (χ3v) is 5.43. The van der Waals surface area contributed by atoms with Gasteiger partial charge in [0, 0.05) is 0 Å². The van der Waals surface area contributed by atoms with E-state index in [1.165, 1.54) is 0 Å². The zero-order valence-electron chi connectivity index (χ0n) is 16.9. The van der Waals surface area contributed by atoms with Crippen molar-refractivity contribution in [3.8, 4) is 6.07 Å². The molecule has 32 heavy (non-hydrogen) atoms. The predicted octanol–water partition coefficient (Wildman–Crippen LogP) is -3.11. The minimum atomic E-state index is -1.70. The molecule has 0 unspecified atom stereocenters. The van der Waals surface area contributed by atoms with Gasteiger partial charge in [-0.2, -0.15) is 5.26 Å². The summed E-state index contributed by atoms with van der Waals surface area (Å²) in [6, 6.07) is 10.3. The van der Waals surface area contributed by atoms with E-state index in [-0.39, 0.29) is 0 Å². The molecular formula is C20H27NO11. The number of aliphatic hydroxyl groups is 7. The van der Waals surface area contributed by atoms with E-state index < -0.39 is 80.7 Å². The molecule has 2 aliphatic heterocycles. The molecule has 1 aromatic rings. The fourth-order valence-electron chi connectivity index (χ4n) is 3.51. The molecule has 2 aliphatic rings. The third-order valence-electron chi connectivity index (χ3n) is 5.43. The standard InChI is InChI=1S/C20H27NO11/c21-6-10(9-4-2-1-3-5-9)30-20-18(28)16(26)14(24)12(32-20)8-29-19-17(27)15(25)13(23)11(7-22)31-19/h1-5,10-20,22-28H,7-8H2/t10-,11+,12+,13+,14+,15-,16-,17+,18+,19-,20-/m0/s1. The highest BCUT2D eigenvalue weighted by Crippen LogP contribution is 2.28. The highest BCUT2D eigenvalue weighted by Gasteiger charge is 2.48. The van der Waals surface area contributed by atoms with E-state index in [4.69, 9.17) is 18.9 Å². The second kappa shape index (κ2) is 10.9. The van der Waals surface area contributed by atoms with Crippen LogP contribution < -0.4 is 0 Å². The van der Waals surface area contributed by atoms with E-state index in [2.05, 4.69) is 0 Å². The number of nitrogens with zero attached hydrogens (tertiary/aromatic N) is 1. The van der Waals surface area contributed by atoms with Crippen LogP contribution in [0.1, 0.15) is 11.7 Å². The van der Waals surface area contributed by atoms with Gasteiger partial charge in [-0.25, -0.2) is 0 Å². The molecule has 2 heterocycles. The van der Waals surface area contributed by atoms with Crippen molar-refractivity contribution in [1.82, 2.24) is 0 Å². The number of nitriles is 1. The number of ether oxygens (including phenoxy) is 4. The molecule has 12 heteroatoms. The van der Waals surface area contributed by atoms with E-state index in [0.29, 0.717) is 5.56 Å². The summed E-state index contributed by atoms with van der Waals surface area (Å²) in [5.41, 5.74) is 0.487. The van der Waals surface area contributed by atoms with Gasteiger partial charge >= 0.3 is 0 Å². The van der Waals surface area contributed by atoms with E-state index in [0.717, 1.165) is 0 Å². The minimum absolute atomic E-state index is 0.487. The van der Waals surface area contributed by atoms with Gasteiger partial charge in [0.2, 0.25) is 0 Å². The molecule has 0 amide bonds. The Morgan fingerprint density at radius 3 is 1.97 bits per heavy atom. The van der Waals surface area contributed by atoms with Crippen molar-refractivity contribution >= 4 is 0 Å². The largest absolute Gasteiger partial charge is 0.394 e. The molecule has 11 atom stereocenters. The van der Waals surface area contributed by atoms with Crippen molar-refractivity contribution in [2.75, 3.05) is 13.2 Å². The van der Waals surface area contributed by atoms with E-state index in [9.17, 15) is 41.0 Å². The average molecular weight is 457 g/mol. The van der Waals surface area contributed by atoms with Crippen molar-refractivity contribution in [3.63, 3.8) is 0 Å². The molecule has 178 valence electrons. The van der Waals surface area contributed by atoms with Gasteiger partial charge in [-0.05, 0) is 5.56 Å². The summed E-state index contributed by atoms with van der Waals surface area (Å²) in [4.78, 5) is 0. The first-order chi connectivity index (χ1) is 15.3. The first kappa shape index (κ1) is 24.9. The molecule has 2 fully saturated rings. The summed E-state index contributed by atoms with van der Waals surface area (Å²) in [5.74, 6) is 0. The molecule has 0 aromatic heterocycles. The van der Waals surface area contributed by atoms with Gasteiger partial charge in [0.05, 0.1) is 19.3 Å². The average Bonchev–Trinajstić information content (AvgIpc) is 2.81. The van der Waals surface area contributed by atoms with Crippen molar-refractivity contribution in [2.24, 2.45) is 0 Å². The Balaban J connectivity index is 1.65. The monoisotopic (exact) mass is 457 g/mol. The fraction of sp³-hybridized carbons (Fsp3) is 0.650. The first-order valence-corrected chi connectivity index (χ1v) is 10.00. The highest BCUT2D eigenvalue weighted by atomic mass is 16.7. The van der Waals surface area contributed by atoms with Gasteiger partial charge in [-0.1, -0.05) is 30.3 Å². The van der Waals surface area contributed by atoms with Gasteiger partial charge < -0.3 is 54.7 Å². The maximum atomic E-state index is 10.3. The Morgan fingerprint density at radius 2 is 1.38 bits per heavy atom. The smallest absolute Gasteiger partial charge is 0.188 e. The fourth-order valence-corrected chi connectivity index (χ4v) is 3.51. The first-order valence-electron chi connectivity index (χ1n) is 10.00. The molecule has 0 saturated carbocycles.